The molecule has 9 nitrogen and oxygen atoms in total. The van der Waals surface area contributed by atoms with Crippen LogP contribution in [0.5, 0.6) is 0 Å². The van der Waals surface area contributed by atoms with Crippen molar-refractivity contribution in [2.75, 3.05) is 5.32 Å². The van der Waals surface area contributed by atoms with E-state index in [1.165, 1.54) is 24.3 Å². The molecule has 0 radical (unpaired) electrons. The lowest BCUT2D eigenvalue weighted by Gasteiger charge is -2.07. The summed E-state index contributed by atoms with van der Waals surface area (Å²) in [6.07, 6.45) is 0. The number of hydrazone groups is 1. The van der Waals surface area contributed by atoms with E-state index in [0.717, 1.165) is 0 Å². The van der Waals surface area contributed by atoms with Gasteiger partial charge < -0.3 is 16.5 Å². The smallest absolute Gasteiger partial charge is 0.269 e. The number of nitrogens with two attached hydrogens (primary N) is 1. The molecular formula is C17H12N6O3. The Kier molecular flexibility index (Phi) is 4.32. The molecule has 0 aliphatic carbocycles. The van der Waals surface area contributed by atoms with Gasteiger partial charge in [-0.25, -0.2) is 0 Å². The van der Waals surface area contributed by atoms with Crippen molar-refractivity contribution in [1.82, 2.24) is 5.32 Å². The molecule has 0 unspecified atom stereocenters. The van der Waals surface area contributed by atoms with Gasteiger partial charge in [0.05, 0.1) is 10.6 Å². The zero-order valence-corrected chi connectivity index (χ0v) is 13.3. The minimum atomic E-state index is -0.656. The van der Waals surface area contributed by atoms with Crippen LogP contribution in [-0.2, 0) is 4.79 Å². The summed E-state index contributed by atoms with van der Waals surface area (Å²) in [7, 11) is 0. The first kappa shape index (κ1) is 16.7. The van der Waals surface area contributed by atoms with Gasteiger partial charge in [0.15, 0.2) is 5.84 Å². The number of carbonyl (C=O) groups is 1. The van der Waals surface area contributed by atoms with Crippen LogP contribution in [0.25, 0.3) is 5.70 Å². The second-order valence-electron chi connectivity index (χ2n) is 5.27. The minimum Gasteiger partial charge on any atom is -0.337 e. The molecule has 1 amide bonds. The predicted molar refractivity (Wildman–Crippen MR) is 94.6 cm³/mol. The summed E-state index contributed by atoms with van der Waals surface area (Å²) in [5, 5.41) is 29.2. The molecular weight excluding hydrogens is 336 g/mol. The van der Waals surface area contributed by atoms with Crippen LogP contribution in [0.1, 0.15) is 11.1 Å². The molecule has 26 heavy (non-hydrogen) atoms. The molecule has 2 aromatic carbocycles. The molecule has 0 spiro atoms. The van der Waals surface area contributed by atoms with Crippen LogP contribution in [0.3, 0.4) is 0 Å². The lowest BCUT2D eigenvalue weighted by atomic mass is 10.0. The number of amidine groups is 1. The maximum absolute atomic E-state index is 12.5. The fraction of sp³-hybridized carbons (Fsp3) is 0. The van der Waals surface area contributed by atoms with E-state index in [9.17, 15) is 20.2 Å². The molecule has 9 heteroatoms. The number of nitriles is 1. The molecule has 0 atom stereocenters. The summed E-state index contributed by atoms with van der Waals surface area (Å²) < 4.78 is 0. The van der Waals surface area contributed by atoms with Crippen LogP contribution < -0.4 is 16.5 Å². The topological polar surface area (TPSA) is 146 Å². The molecule has 0 aromatic heterocycles. The Balaban J connectivity index is 1.94. The first-order chi connectivity index (χ1) is 12.5. The molecule has 2 aromatic rings. The highest BCUT2D eigenvalue weighted by atomic mass is 16.6. The first-order valence-corrected chi connectivity index (χ1v) is 7.40. The fourth-order valence-corrected chi connectivity index (χ4v) is 2.54. The predicted octanol–water partition coefficient (Wildman–Crippen LogP) is 1.69. The highest BCUT2D eigenvalue weighted by Gasteiger charge is 2.27. The van der Waals surface area contributed by atoms with Gasteiger partial charge in [-0.2, -0.15) is 10.4 Å². The van der Waals surface area contributed by atoms with E-state index in [1.807, 2.05) is 6.07 Å². The average Bonchev–Trinajstić information content (AvgIpc) is 3.01. The third-order valence-electron chi connectivity index (χ3n) is 3.75. The highest BCUT2D eigenvalue weighted by molar-refractivity contribution is 6.19. The number of anilines is 1. The second kappa shape index (κ2) is 6.74. The van der Waals surface area contributed by atoms with Gasteiger partial charge in [0.25, 0.3) is 11.6 Å². The van der Waals surface area contributed by atoms with Crippen molar-refractivity contribution in [3.63, 3.8) is 0 Å². The van der Waals surface area contributed by atoms with Gasteiger partial charge in [0.1, 0.15) is 11.6 Å². The number of nitrogens with zero attached hydrogens (tertiary/aromatic N) is 3. The second-order valence-corrected chi connectivity index (χ2v) is 5.27. The van der Waals surface area contributed by atoms with E-state index in [4.69, 9.17) is 5.84 Å². The summed E-state index contributed by atoms with van der Waals surface area (Å²) >= 11 is 0. The van der Waals surface area contributed by atoms with E-state index in [-0.39, 0.29) is 11.3 Å². The quantitative estimate of drug-likeness (QED) is 0.253. The van der Waals surface area contributed by atoms with Gasteiger partial charge in [-0.15, -0.1) is 0 Å². The molecule has 0 saturated carbocycles. The fourth-order valence-electron chi connectivity index (χ4n) is 2.54. The molecule has 1 heterocycles. The Hall–Kier alpha value is -4.19. The van der Waals surface area contributed by atoms with E-state index in [1.54, 1.807) is 24.3 Å². The van der Waals surface area contributed by atoms with E-state index in [0.29, 0.717) is 28.3 Å². The average molecular weight is 348 g/mol. The number of hydrogen-bond donors (Lipinski definition) is 3. The van der Waals surface area contributed by atoms with Gasteiger partial charge in [-0.05, 0) is 12.1 Å². The molecule has 3 rings (SSSR count). The summed E-state index contributed by atoms with van der Waals surface area (Å²) in [4.78, 5) is 22.7. The summed E-state index contributed by atoms with van der Waals surface area (Å²) in [6.45, 7) is 0. The van der Waals surface area contributed by atoms with Crippen molar-refractivity contribution in [2.45, 2.75) is 0 Å². The Morgan fingerprint density at radius 2 is 1.85 bits per heavy atom. The zero-order chi connectivity index (χ0) is 18.7. The third-order valence-corrected chi connectivity index (χ3v) is 3.75. The van der Waals surface area contributed by atoms with Gasteiger partial charge in [0.2, 0.25) is 0 Å². The molecule has 0 saturated heterocycles. The molecule has 1 aliphatic rings. The third kappa shape index (κ3) is 2.94. The standard InChI is InChI=1S/C17H12N6O3/c18-9-14(15-12-3-1-2-4-13(12)16(21-15)22-19)17(24)20-10-5-7-11(8-6-10)23(25)26/h1-8H,19H2,(H,20,24)(H,21,22). The lowest BCUT2D eigenvalue weighted by Crippen LogP contribution is -2.21. The first-order valence-electron chi connectivity index (χ1n) is 7.40. The highest BCUT2D eigenvalue weighted by Crippen LogP contribution is 2.27. The van der Waals surface area contributed by atoms with Crippen molar-refractivity contribution in [2.24, 2.45) is 10.9 Å². The Labute approximate surface area is 147 Å². The molecule has 128 valence electrons. The number of nitro benzene ring substituents is 1. The Morgan fingerprint density at radius 1 is 1.19 bits per heavy atom. The Morgan fingerprint density at radius 3 is 2.42 bits per heavy atom. The largest absolute Gasteiger partial charge is 0.337 e. The number of fused-ring (bicyclic) bond motifs is 1. The zero-order valence-electron chi connectivity index (χ0n) is 13.3. The van der Waals surface area contributed by atoms with Crippen molar-refractivity contribution in [1.29, 1.82) is 5.26 Å². The van der Waals surface area contributed by atoms with Crippen molar-refractivity contribution < 1.29 is 9.72 Å². The number of rotatable bonds is 3. The van der Waals surface area contributed by atoms with Crippen LogP contribution in [0.15, 0.2) is 59.2 Å². The summed E-state index contributed by atoms with van der Waals surface area (Å²) in [5.74, 6) is 5.05. The number of nitro groups is 1. The maximum atomic E-state index is 12.5. The Bertz CT molecular complexity index is 1000. The van der Waals surface area contributed by atoms with Crippen LogP contribution in [0.4, 0.5) is 11.4 Å². The van der Waals surface area contributed by atoms with Crippen LogP contribution in [0, 0.1) is 21.4 Å². The number of carbonyl (C=O) groups excluding carboxylic acids is 1. The molecule has 0 bridgehead atoms. The van der Waals surface area contributed by atoms with E-state index < -0.39 is 10.8 Å². The van der Waals surface area contributed by atoms with Crippen molar-refractivity contribution >= 4 is 28.8 Å². The normalized spacial score (nSPS) is 15.6. The SMILES string of the molecule is N#CC(C(=O)Nc1ccc([N+](=O)[O-])cc1)=C1NC(=NN)c2ccccc21. The monoisotopic (exact) mass is 348 g/mol. The maximum Gasteiger partial charge on any atom is 0.269 e. The van der Waals surface area contributed by atoms with E-state index >= 15 is 0 Å². The molecule has 0 fully saturated rings. The molecule has 1 aliphatic heterocycles. The van der Waals surface area contributed by atoms with Crippen LogP contribution >= 0.6 is 0 Å². The summed E-state index contributed by atoms with van der Waals surface area (Å²) in [5.41, 5.74) is 1.68. The van der Waals surface area contributed by atoms with Gasteiger partial charge in [-0.1, -0.05) is 24.3 Å². The summed E-state index contributed by atoms with van der Waals surface area (Å²) in [6, 6.07) is 14.2. The van der Waals surface area contributed by atoms with Crippen molar-refractivity contribution in [3.05, 3.63) is 75.3 Å². The minimum absolute atomic E-state index is 0.1000. The number of benzene rings is 2. The van der Waals surface area contributed by atoms with Gasteiger partial charge >= 0.3 is 0 Å². The number of nitrogens with one attached hydrogen (secondary N) is 2. The number of hydrogen-bond acceptors (Lipinski definition) is 6. The molecule has 4 N–H and O–H groups in total. The number of non-ortho nitro benzene ring substituents is 1. The van der Waals surface area contributed by atoms with Crippen LogP contribution in [0.2, 0.25) is 0 Å². The lowest BCUT2D eigenvalue weighted by molar-refractivity contribution is -0.384. The van der Waals surface area contributed by atoms with Crippen molar-refractivity contribution in [3.8, 4) is 6.07 Å². The number of amides is 1. The van der Waals surface area contributed by atoms with Gasteiger partial charge in [0, 0.05) is 28.9 Å². The van der Waals surface area contributed by atoms with E-state index in [2.05, 4.69) is 15.7 Å². The van der Waals surface area contributed by atoms with Gasteiger partial charge in [-0.3, -0.25) is 14.9 Å². The van der Waals surface area contributed by atoms with Crippen LogP contribution in [-0.4, -0.2) is 16.7 Å².